The molecule has 33 heavy (non-hydrogen) atoms. The average Bonchev–Trinajstić information content (AvgIpc) is 3.24. The van der Waals surface area contributed by atoms with Crippen LogP contribution < -0.4 is 5.32 Å². The average molecular weight is 491 g/mol. The van der Waals surface area contributed by atoms with Crippen molar-refractivity contribution in [2.45, 2.75) is 30.2 Å². The topological polar surface area (TPSA) is 84.3 Å². The van der Waals surface area contributed by atoms with Gasteiger partial charge in [-0.1, -0.05) is 30.2 Å². The first kappa shape index (κ1) is 23.4. The van der Waals surface area contributed by atoms with E-state index in [-0.39, 0.29) is 5.56 Å². The van der Waals surface area contributed by atoms with E-state index in [1.54, 1.807) is 48.3 Å². The second-order valence-electron chi connectivity index (χ2n) is 7.96. The van der Waals surface area contributed by atoms with Crippen LogP contribution in [-0.2, 0) is 17.1 Å². The highest BCUT2D eigenvalue weighted by molar-refractivity contribution is 7.89. The first-order valence-electron chi connectivity index (χ1n) is 10.6. The van der Waals surface area contributed by atoms with Crippen molar-refractivity contribution < 1.29 is 17.6 Å². The summed E-state index contributed by atoms with van der Waals surface area (Å²) in [6, 6.07) is 9.74. The molecule has 0 radical (unpaired) electrons. The summed E-state index contributed by atoms with van der Waals surface area (Å²) in [6.07, 6.45) is 5.77. The van der Waals surface area contributed by atoms with Gasteiger partial charge < -0.3 is 9.88 Å². The third-order valence-corrected chi connectivity index (χ3v) is 7.89. The summed E-state index contributed by atoms with van der Waals surface area (Å²) in [5, 5.41) is 3.44. The van der Waals surface area contributed by atoms with Crippen LogP contribution >= 0.6 is 11.6 Å². The Labute approximate surface area is 197 Å². The molecule has 1 aliphatic rings. The van der Waals surface area contributed by atoms with Crippen LogP contribution in [0.25, 0.3) is 0 Å². The van der Waals surface area contributed by atoms with Crippen LogP contribution in [0.1, 0.15) is 47.1 Å². The molecule has 4 rings (SSSR count). The maximum atomic E-state index is 14.6. The number of nitrogens with one attached hydrogen (secondary N) is 1. The van der Waals surface area contributed by atoms with Gasteiger partial charge in [-0.25, -0.2) is 17.8 Å². The molecule has 1 aromatic heterocycles. The Bertz CT molecular complexity index is 1250. The fourth-order valence-electron chi connectivity index (χ4n) is 3.91. The largest absolute Gasteiger partial charge is 0.338 e. The van der Waals surface area contributed by atoms with E-state index in [0.717, 1.165) is 37.0 Å². The number of benzene rings is 2. The zero-order chi connectivity index (χ0) is 23.6. The quantitative estimate of drug-likeness (QED) is 0.568. The molecule has 10 heteroatoms. The van der Waals surface area contributed by atoms with Gasteiger partial charge in [0.1, 0.15) is 22.6 Å². The van der Waals surface area contributed by atoms with E-state index in [4.69, 9.17) is 11.6 Å². The molecule has 1 aliphatic heterocycles. The van der Waals surface area contributed by atoms with Gasteiger partial charge in [-0.05, 0) is 48.7 Å². The van der Waals surface area contributed by atoms with Gasteiger partial charge in [0.25, 0.3) is 5.91 Å². The van der Waals surface area contributed by atoms with Gasteiger partial charge in [0.15, 0.2) is 0 Å². The second kappa shape index (κ2) is 9.62. The normalized spacial score (nSPS) is 15.8. The van der Waals surface area contributed by atoms with Gasteiger partial charge >= 0.3 is 0 Å². The number of hydrogen-bond donors (Lipinski definition) is 1. The summed E-state index contributed by atoms with van der Waals surface area (Å²) in [5.74, 6) is -0.850. The second-order valence-corrected chi connectivity index (χ2v) is 10.3. The standard InChI is InChI=1S/C23H24ClFN4O3S/c1-28-14-11-26-22(28)21(16-5-8-18(24)9-6-16)27-23(30)17-7-10-19(25)20(15-17)33(31,32)29-12-3-2-4-13-29/h5-11,14-15,21H,2-4,12-13H2,1H3,(H,27,30)/t21-/m0/s1. The number of piperidine rings is 1. The lowest BCUT2D eigenvalue weighted by atomic mass is 10.1. The number of aryl methyl sites for hydroxylation is 1. The minimum Gasteiger partial charge on any atom is -0.338 e. The number of hydrogen-bond acceptors (Lipinski definition) is 4. The van der Waals surface area contributed by atoms with E-state index in [9.17, 15) is 17.6 Å². The Hall–Kier alpha value is -2.75. The van der Waals surface area contributed by atoms with Crippen molar-refractivity contribution in [3.63, 3.8) is 0 Å². The van der Waals surface area contributed by atoms with Crippen LogP contribution in [0, 0.1) is 5.82 Å². The van der Waals surface area contributed by atoms with Gasteiger partial charge in [-0.3, -0.25) is 4.79 Å². The smallest absolute Gasteiger partial charge is 0.252 e. The molecular formula is C23H24ClFN4O3S. The molecule has 1 N–H and O–H groups in total. The number of amides is 1. The first-order chi connectivity index (χ1) is 15.8. The number of rotatable bonds is 6. The lowest BCUT2D eigenvalue weighted by Crippen LogP contribution is -2.36. The summed E-state index contributed by atoms with van der Waals surface area (Å²) in [6.45, 7) is 0.687. The molecule has 1 saturated heterocycles. The monoisotopic (exact) mass is 490 g/mol. The predicted molar refractivity (Wildman–Crippen MR) is 123 cm³/mol. The molecule has 7 nitrogen and oxygen atoms in total. The number of nitrogens with zero attached hydrogens (tertiary/aromatic N) is 3. The zero-order valence-corrected chi connectivity index (χ0v) is 19.6. The molecule has 0 aliphatic carbocycles. The van der Waals surface area contributed by atoms with Crippen molar-refractivity contribution >= 4 is 27.5 Å². The Morgan fingerprint density at radius 3 is 2.45 bits per heavy atom. The summed E-state index contributed by atoms with van der Waals surface area (Å²) < 4.78 is 43.7. The highest BCUT2D eigenvalue weighted by atomic mass is 35.5. The maximum absolute atomic E-state index is 14.6. The molecule has 0 unspecified atom stereocenters. The number of carbonyl (C=O) groups excluding carboxylic acids is 1. The zero-order valence-electron chi connectivity index (χ0n) is 18.0. The van der Waals surface area contributed by atoms with E-state index in [1.807, 2.05) is 0 Å². The molecule has 0 bridgehead atoms. The number of carbonyl (C=O) groups is 1. The number of imidazole rings is 1. The molecule has 1 atom stereocenters. The summed E-state index contributed by atoms with van der Waals surface area (Å²) in [5.41, 5.74) is 0.783. The fourth-order valence-corrected chi connectivity index (χ4v) is 5.64. The van der Waals surface area contributed by atoms with Crippen LogP contribution in [0.4, 0.5) is 4.39 Å². The lowest BCUT2D eigenvalue weighted by molar-refractivity contribution is 0.0941. The van der Waals surface area contributed by atoms with Crippen LogP contribution in [0.5, 0.6) is 0 Å². The van der Waals surface area contributed by atoms with E-state index in [0.29, 0.717) is 23.9 Å². The Balaban J connectivity index is 1.66. The van der Waals surface area contributed by atoms with E-state index in [1.165, 1.54) is 10.4 Å². The van der Waals surface area contributed by atoms with Crippen molar-refractivity contribution in [3.05, 3.63) is 82.6 Å². The fraction of sp³-hybridized carbons (Fsp3) is 0.304. The Morgan fingerprint density at radius 2 is 1.82 bits per heavy atom. The van der Waals surface area contributed by atoms with Crippen LogP contribution in [0.3, 0.4) is 0 Å². The summed E-state index contributed by atoms with van der Waals surface area (Å²) in [7, 11) is -2.23. The van der Waals surface area contributed by atoms with E-state index >= 15 is 0 Å². The highest BCUT2D eigenvalue weighted by Gasteiger charge is 2.30. The third kappa shape index (κ3) is 4.95. The highest BCUT2D eigenvalue weighted by Crippen LogP contribution is 2.26. The van der Waals surface area contributed by atoms with E-state index in [2.05, 4.69) is 10.3 Å². The maximum Gasteiger partial charge on any atom is 0.252 e. The number of sulfonamides is 1. The molecule has 1 amide bonds. The minimum absolute atomic E-state index is 0.0418. The minimum atomic E-state index is -4.04. The van der Waals surface area contributed by atoms with Crippen molar-refractivity contribution in [1.82, 2.24) is 19.2 Å². The molecule has 1 fully saturated rings. The molecule has 174 valence electrons. The third-order valence-electron chi connectivity index (χ3n) is 5.72. The SMILES string of the molecule is Cn1ccnc1[C@@H](NC(=O)c1ccc(F)c(S(=O)(=O)N2CCCCC2)c1)c1ccc(Cl)cc1. The van der Waals surface area contributed by atoms with Gasteiger partial charge in [0.05, 0.1) is 0 Å². The van der Waals surface area contributed by atoms with Crippen LogP contribution in [0.2, 0.25) is 5.02 Å². The van der Waals surface area contributed by atoms with E-state index < -0.39 is 32.7 Å². The summed E-state index contributed by atoms with van der Waals surface area (Å²) in [4.78, 5) is 17.0. The van der Waals surface area contributed by atoms with Crippen LogP contribution in [-0.4, -0.2) is 41.3 Å². The molecule has 0 saturated carbocycles. The predicted octanol–water partition coefficient (Wildman–Crippen LogP) is 3.91. The summed E-state index contributed by atoms with van der Waals surface area (Å²) >= 11 is 6.01. The molecule has 0 spiro atoms. The van der Waals surface area contributed by atoms with Gasteiger partial charge in [-0.2, -0.15) is 4.31 Å². The van der Waals surface area contributed by atoms with Crippen molar-refractivity contribution in [2.24, 2.45) is 7.05 Å². The van der Waals surface area contributed by atoms with Crippen LogP contribution in [0.15, 0.2) is 59.8 Å². The van der Waals surface area contributed by atoms with Gasteiger partial charge in [0.2, 0.25) is 10.0 Å². The number of aromatic nitrogens is 2. The Morgan fingerprint density at radius 1 is 1.12 bits per heavy atom. The van der Waals surface area contributed by atoms with Gasteiger partial charge in [-0.15, -0.1) is 0 Å². The first-order valence-corrected chi connectivity index (χ1v) is 12.4. The van der Waals surface area contributed by atoms with Crippen molar-refractivity contribution in [1.29, 1.82) is 0 Å². The Kier molecular flexibility index (Phi) is 6.83. The number of halogens is 2. The van der Waals surface area contributed by atoms with Crippen molar-refractivity contribution in [2.75, 3.05) is 13.1 Å². The lowest BCUT2D eigenvalue weighted by Gasteiger charge is -2.26. The van der Waals surface area contributed by atoms with Gasteiger partial charge in [0, 0.05) is 43.1 Å². The molecule has 3 aromatic rings. The van der Waals surface area contributed by atoms with Crippen molar-refractivity contribution in [3.8, 4) is 0 Å². The molecular weight excluding hydrogens is 467 g/mol. The molecule has 2 heterocycles. The molecule has 2 aromatic carbocycles.